The molecule has 0 saturated heterocycles. The lowest BCUT2D eigenvalue weighted by Crippen LogP contribution is -2.11. The highest BCUT2D eigenvalue weighted by Gasteiger charge is 2.07. The van der Waals surface area contributed by atoms with Gasteiger partial charge in [-0.15, -0.1) is 0 Å². The third-order valence-electron chi connectivity index (χ3n) is 14.3. The number of ether oxygens (including phenoxy) is 1. The van der Waals surface area contributed by atoms with E-state index in [1.807, 2.05) is 109 Å². The Morgan fingerprint density at radius 2 is 0.722 bits per heavy atom. The molecule has 0 radical (unpaired) electrons. The fourth-order valence-electron chi connectivity index (χ4n) is 8.37. The van der Waals surface area contributed by atoms with E-state index in [1.54, 1.807) is 105 Å². The van der Waals surface area contributed by atoms with Crippen molar-refractivity contribution in [1.29, 1.82) is 16.2 Å². The van der Waals surface area contributed by atoms with E-state index in [0.29, 0.717) is 126 Å². The number of carbonyl (C=O) groups excluding carboxylic acids is 2. The van der Waals surface area contributed by atoms with Crippen molar-refractivity contribution in [3.8, 4) is 0 Å². The zero-order valence-corrected chi connectivity index (χ0v) is 76.3. The lowest BCUT2D eigenvalue weighted by molar-refractivity contribution is -0.139. The van der Waals surface area contributed by atoms with Crippen LogP contribution in [-0.4, -0.2) is 156 Å². The molecule has 0 bridgehead atoms. The van der Waals surface area contributed by atoms with Crippen LogP contribution in [0.25, 0.3) is 0 Å². The van der Waals surface area contributed by atoms with Gasteiger partial charge >= 0.3 is 5.97 Å². The molecule has 8 aromatic carbocycles. The van der Waals surface area contributed by atoms with E-state index in [9.17, 15) is 22.8 Å². The number of nitrogens with one attached hydrogen (secondary N) is 3. The number of ketones is 1. The Morgan fingerprint density at radius 3 is 1.11 bits per heavy atom. The molecule has 0 spiro atoms. The minimum absolute atomic E-state index is 0.0158. The van der Waals surface area contributed by atoms with E-state index in [0.717, 1.165) is 37.9 Å². The Balaban J connectivity index is 0.000000710. The smallest absolute Gasteiger partial charge is 0.311 e. The minimum Gasteiger partial charge on any atom is -0.469 e. The summed E-state index contributed by atoms with van der Waals surface area (Å²) in [6.45, 7) is 29.5. The molecule has 0 saturated carbocycles. The van der Waals surface area contributed by atoms with Gasteiger partial charge in [0.15, 0.2) is 0 Å². The number of hydrogen-bond acceptors (Lipinski definition) is 22. The van der Waals surface area contributed by atoms with Crippen molar-refractivity contribution in [2.24, 2.45) is 79.3 Å². The maximum absolute atomic E-state index is 13.1. The monoisotopic (exact) mass is 1890 g/mol. The van der Waals surface area contributed by atoms with Gasteiger partial charge < -0.3 is 55.4 Å². The molecule has 15 N–H and O–H groups in total. The number of hydrogen-bond donors (Lipinski definition) is 9. The van der Waals surface area contributed by atoms with Crippen LogP contribution >= 0.6 is 85.5 Å². The highest BCUT2D eigenvalue weighted by atomic mass is 79.9. The molecule has 0 aliphatic heterocycles. The van der Waals surface area contributed by atoms with Gasteiger partial charge in [-0.25, -0.2) is 13.2 Å². The molecule has 1 heterocycles. The van der Waals surface area contributed by atoms with Gasteiger partial charge in [-0.3, -0.25) is 59.5 Å². The first-order valence-electron chi connectivity index (χ1n) is 37.5. The van der Waals surface area contributed by atoms with Crippen molar-refractivity contribution in [3.05, 3.63) is 382 Å². The number of esters is 1. The summed E-state index contributed by atoms with van der Waals surface area (Å²) in [5, 5.41) is 25.3. The number of benzene rings is 8. The van der Waals surface area contributed by atoms with Crippen LogP contribution < -0.4 is 34.4 Å². The first kappa shape index (κ1) is 111. The van der Waals surface area contributed by atoms with E-state index in [2.05, 4.69) is 123 Å². The van der Waals surface area contributed by atoms with Crippen LogP contribution in [0.1, 0.15) is 82.3 Å². The number of pyridine rings is 1. The summed E-state index contributed by atoms with van der Waals surface area (Å²) in [4.78, 5) is 61.7. The average molecular weight is 1900 g/mol. The fourth-order valence-corrected chi connectivity index (χ4v) is 9.91. The lowest BCUT2D eigenvalue weighted by atomic mass is 10.1. The zero-order valence-electron chi connectivity index (χ0n) is 70.2. The summed E-state index contributed by atoms with van der Waals surface area (Å²) in [5.74, 6) is -1.49. The molecule has 0 aliphatic rings. The Bertz CT molecular complexity index is 4940. The van der Waals surface area contributed by atoms with Gasteiger partial charge in [0.1, 0.15) is 23.2 Å². The summed E-state index contributed by atoms with van der Waals surface area (Å²) in [7, 11) is 1.29. The number of rotatable bonds is 31. The molecular weight excluding hydrogens is 1790 g/mol. The van der Waals surface area contributed by atoms with Gasteiger partial charge in [-0.05, 0) is 98.6 Å². The number of Topliss-reactive ketones (excluding diaryl/α,β-unsaturated/α-hetero) is 1. The van der Waals surface area contributed by atoms with Gasteiger partial charge in [0, 0.05) is 190 Å². The molecule has 22 nitrogen and oxygen atoms in total. The normalized spacial score (nSPS) is 10.6. The van der Waals surface area contributed by atoms with Gasteiger partial charge in [0.05, 0.1) is 87.5 Å². The van der Waals surface area contributed by atoms with Crippen molar-refractivity contribution >= 4 is 170 Å². The number of aliphatic imine (C=N–C) groups is 9. The summed E-state index contributed by atoms with van der Waals surface area (Å²) in [6.07, 6.45) is 17.9. The van der Waals surface area contributed by atoms with Crippen molar-refractivity contribution in [2.45, 2.75) is 33.6 Å². The van der Waals surface area contributed by atoms with Crippen LogP contribution in [0.4, 0.5) is 13.2 Å². The molecule has 0 aliphatic carbocycles. The largest absolute Gasteiger partial charge is 0.469 e. The lowest BCUT2D eigenvalue weighted by Gasteiger charge is -1.99. The topological polar surface area (TPSA) is 395 Å². The summed E-state index contributed by atoms with van der Waals surface area (Å²) < 4.78 is 44.2. The van der Waals surface area contributed by atoms with Crippen LogP contribution in [0.2, 0.25) is 30.1 Å². The summed E-state index contributed by atoms with van der Waals surface area (Å²) in [5.41, 5.74) is 44.3. The number of carbonyl (C=O) groups is 2. The number of aryl methyl sites for hydroxylation is 1. The first-order chi connectivity index (χ1) is 59.9. The van der Waals surface area contributed by atoms with E-state index >= 15 is 0 Å². The highest BCUT2D eigenvalue weighted by Crippen LogP contribution is 2.20. The Morgan fingerprint density at radius 1 is 0.389 bits per heavy atom. The second kappa shape index (κ2) is 66.8. The number of aromatic nitrogens is 1. The molecule has 662 valence electrons. The van der Waals surface area contributed by atoms with Gasteiger partial charge in [0.25, 0.3) is 0 Å². The Kier molecular flexibility index (Phi) is 59.1. The predicted molar refractivity (Wildman–Crippen MR) is 531 cm³/mol. The Labute approximate surface area is 774 Å². The summed E-state index contributed by atoms with van der Waals surface area (Å²) in [6, 6.07) is 54.9. The molecular formula is C94H103BrCl6F3N19O3. The molecule has 0 amide bonds. The van der Waals surface area contributed by atoms with Crippen LogP contribution in [-0.2, 0) is 14.3 Å². The molecule has 9 rings (SSSR count). The fraction of sp³-hybridized carbons (Fsp3) is 0.160. The molecule has 32 heteroatoms. The summed E-state index contributed by atoms with van der Waals surface area (Å²) >= 11 is 38.5. The van der Waals surface area contributed by atoms with Crippen LogP contribution in [0.15, 0.2) is 324 Å². The molecule has 126 heavy (non-hydrogen) atoms. The highest BCUT2D eigenvalue weighted by molar-refractivity contribution is 9.10. The molecule has 0 fully saturated rings. The van der Waals surface area contributed by atoms with Gasteiger partial charge in [-0.1, -0.05) is 246 Å². The predicted octanol–water partition coefficient (Wildman–Crippen LogP) is 20.2. The van der Waals surface area contributed by atoms with E-state index < -0.39 is 11.8 Å². The Hall–Kier alpha value is -12.7. The number of nitrogens with zero attached hydrogens (tertiary/aromatic N) is 10. The molecule has 0 atom stereocenters. The minimum atomic E-state index is -0.428. The van der Waals surface area contributed by atoms with Crippen LogP contribution in [0.3, 0.4) is 0 Å². The van der Waals surface area contributed by atoms with E-state index in [-0.39, 0.29) is 61.2 Å². The molecule has 0 unspecified atom stereocenters. The quantitative estimate of drug-likeness (QED) is 0.0146. The van der Waals surface area contributed by atoms with Gasteiger partial charge in [0.2, 0.25) is 0 Å². The third-order valence-corrected chi connectivity index (χ3v) is 17.0. The van der Waals surface area contributed by atoms with Crippen molar-refractivity contribution < 1.29 is 27.5 Å². The maximum Gasteiger partial charge on any atom is 0.311 e. The SMILES string of the molecule is C=C(N)CN=Cc1c(F)cccc1Cl.C=C(N)CN=Cc1ccc(F)cc1Cl.C=C(N)CN=Cc1ccccc1Br.C=C(N)CN=Cc1ccccc1C.C=C(N)CN=Cc1ccccc1Cl.C=C(N)CN=Cc1ccccc1F.CC(=N)CN=Cc1ccncc1Cl.CC(=O)CC(=N)CN=Cc1ccccc1Cl.COC(=O)CC(=N)CN=Cc1ccccc1Cl. The van der Waals surface area contributed by atoms with E-state index in [4.69, 9.17) is 120 Å². The standard InChI is InChI=1S/C12H13ClN2O2.C12H13ClN2O.C11H14N2.C10H11BrN2.2C10H10ClFN2.C10H11ClN2.C10H11FN2.C9H10ClN3/c1-17-12(16)6-10(14)8-15-7-9-4-2-3-5-11(9)13;1-9(16)6-11(14)8-15-7-10-4-2-3-5-12(10)13;1-9-5-3-4-6-11(9)8-13-7-10(2)12;1-8(12)6-13-7-9-4-2-3-5-10(9)11;1-7(13)5-14-6-8-2-3-9(12)4-10(8)11;1-7(13)5-14-6-8-9(11)3-2-4-10(8)12;2*1-8(12)6-13-7-9-4-2-3-5-10(9)11;1-7(11)4-13-5-8-2-3-12-6-9(8)10/h2-5,7,14H,6,8H2,1H3;2-5,7,14H,6,8H2,1H3;3-6,8H,2,7,12H2,1H3;2-5,7H,1,6,12H2;2*2-4,6H,1,5,13H2;2*2-5,7H,1,6,12H2;2-3,5-6,11H,4H2,1H3. The number of nitrogens with two attached hydrogens (primary N) is 6. The van der Waals surface area contributed by atoms with Crippen molar-refractivity contribution in [1.82, 2.24) is 4.98 Å². The second-order valence-electron chi connectivity index (χ2n) is 26.0. The van der Waals surface area contributed by atoms with Crippen molar-refractivity contribution in [2.75, 3.05) is 66.0 Å². The number of halogens is 10. The maximum atomic E-state index is 13.1. The first-order valence-corrected chi connectivity index (χ1v) is 40.6. The van der Waals surface area contributed by atoms with E-state index in [1.165, 1.54) is 62.4 Å². The molecule has 1 aromatic heterocycles. The average Bonchev–Trinajstić information content (AvgIpc) is 0.863. The zero-order chi connectivity index (χ0) is 94.2. The molecule has 9 aromatic rings. The van der Waals surface area contributed by atoms with Crippen LogP contribution in [0, 0.1) is 40.6 Å². The second-order valence-corrected chi connectivity index (χ2v) is 29.3. The van der Waals surface area contributed by atoms with Crippen molar-refractivity contribution in [3.63, 3.8) is 0 Å². The number of methoxy groups -OCH3 is 1. The van der Waals surface area contributed by atoms with Crippen LogP contribution in [0.5, 0.6) is 0 Å². The van der Waals surface area contributed by atoms with Gasteiger partial charge in [-0.2, -0.15) is 0 Å². The third kappa shape index (κ3) is 56.2.